The molecule has 2 aliphatic carbocycles. The van der Waals surface area contributed by atoms with Crippen LogP contribution in [0.25, 0.3) is 5.65 Å². The molecule has 2 fully saturated rings. The molecule has 4 rings (SSSR count). The molecular weight excluding hydrogens is 362 g/mol. The van der Waals surface area contributed by atoms with Gasteiger partial charge in [-0.1, -0.05) is 38.5 Å². The largest absolute Gasteiger partial charge is 0.367 e. The number of thioether (sulfide) groups is 1. The van der Waals surface area contributed by atoms with Gasteiger partial charge in [-0.25, -0.2) is 9.48 Å². The molecule has 146 valence electrons. The first-order valence-electron chi connectivity index (χ1n) is 10.1. The molecule has 0 radical (unpaired) electrons. The molecule has 0 atom stereocenters. The van der Waals surface area contributed by atoms with Crippen LogP contribution in [0.1, 0.15) is 64.2 Å². The van der Waals surface area contributed by atoms with Crippen molar-refractivity contribution in [2.24, 2.45) is 0 Å². The van der Waals surface area contributed by atoms with Crippen molar-refractivity contribution in [2.45, 2.75) is 87.1 Å². The van der Waals surface area contributed by atoms with Crippen LogP contribution in [0.4, 0.5) is 0 Å². The molecule has 2 aromatic heterocycles. The van der Waals surface area contributed by atoms with E-state index in [1.165, 1.54) is 47.7 Å². The quantitative estimate of drug-likeness (QED) is 0.850. The molecular formula is C19H27N5O2S. The fraction of sp³-hybridized carbons (Fsp3) is 0.684. The topological polar surface area (TPSA) is 81.3 Å². The highest BCUT2D eigenvalue weighted by Gasteiger charge is 2.19. The Hall–Kier alpha value is -1.83. The molecule has 2 aromatic rings. The Kier molecular flexibility index (Phi) is 5.80. The van der Waals surface area contributed by atoms with Crippen LogP contribution in [0.15, 0.2) is 22.0 Å². The van der Waals surface area contributed by atoms with E-state index in [9.17, 15) is 9.59 Å². The molecule has 8 heteroatoms. The van der Waals surface area contributed by atoms with Gasteiger partial charge in [0.25, 0.3) is 0 Å². The minimum absolute atomic E-state index is 0.0518. The van der Waals surface area contributed by atoms with Crippen LogP contribution < -0.4 is 11.0 Å². The van der Waals surface area contributed by atoms with Gasteiger partial charge in [-0.05, 0) is 37.8 Å². The molecule has 0 saturated heterocycles. The van der Waals surface area contributed by atoms with Crippen molar-refractivity contribution < 1.29 is 4.79 Å². The van der Waals surface area contributed by atoms with Gasteiger partial charge >= 0.3 is 5.69 Å². The van der Waals surface area contributed by atoms with Crippen molar-refractivity contribution in [2.75, 3.05) is 0 Å². The summed E-state index contributed by atoms with van der Waals surface area (Å²) >= 11 is 1.75. The third kappa shape index (κ3) is 4.54. The second kappa shape index (κ2) is 8.46. The lowest BCUT2D eigenvalue weighted by atomic mass is 9.95. The van der Waals surface area contributed by atoms with Crippen molar-refractivity contribution in [1.82, 2.24) is 24.7 Å². The monoisotopic (exact) mass is 389 g/mol. The van der Waals surface area contributed by atoms with Crippen molar-refractivity contribution in [1.29, 1.82) is 0 Å². The van der Waals surface area contributed by atoms with Gasteiger partial charge < -0.3 is 5.32 Å². The van der Waals surface area contributed by atoms with Crippen LogP contribution in [-0.4, -0.2) is 36.6 Å². The lowest BCUT2D eigenvalue weighted by Crippen LogP contribution is -2.40. The van der Waals surface area contributed by atoms with Gasteiger partial charge in [0.05, 0.1) is 0 Å². The molecule has 0 bridgehead atoms. The van der Waals surface area contributed by atoms with Gasteiger partial charge in [-0.15, -0.1) is 16.9 Å². The average Bonchev–Trinajstić information content (AvgIpc) is 2.99. The fourth-order valence-corrected chi connectivity index (χ4v) is 5.25. The number of fused-ring (bicyclic) bond motifs is 1. The first-order chi connectivity index (χ1) is 13.2. The zero-order valence-electron chi connectivity index (χ0n) is 15.6. The number of amides is 1. The van der Waals surface area contributed by atoms with Crippen LogP contribution in [-0.2, 0) is 11.3 Å². The Balaban J connectivity index is 1.44. The van der Waals surface area contributed by atoms with Crippen LogP contribution in [0.2, 0.25) is 0 Å². The molecule has 2 heterocycles. The number of aromatic nitrogens is 4. The van der Waals surface area contributed by atoms with Crippen molar-refractivity contribution in [3.8, 4) is 0 Å². The van der Waals surface area contributed by atoms with E-state index in [1.807, 2.05) is 12.1 Å². The van der Waals surface area contributed by atoms with Gasteiger partial charge in [0.1, 0.15) is 11.6 Å². The zero-order chi connectivity index (χ0) is 18.6. The first kappa shape index (κ1) is 18.5. The molecule has 0 aromatic carbocycles. The van der Waals surface area contributed by atoms with E-state index in [0.29, 0.717) is 10.9 Å². The van der Waals surface area contributed by atoms with Gasteiger partial charge in [0, 0.05) is 11.3 Å². The predicted octanol–water partition coefficient (Wildman–Crippen LogP) is 2.76. The lowest BCUT2D eigenvalue weighted by Gasteiger charge is -2.22. The zero-order valence-corrected chi connectivity index (χ0v) is 16.4. The number of carbonyl (C=O) groups is 1. The van der Waals surface area contributed by atoms with E-state index >= 15 is 0 Å². The standard InChI is InChI=1S/C19H27N5O2S/c25-17(20-14-7-3-1-4-8-14)13-23-19(26)24-16(21-23)11-12-18(22-24)27-15-9-5-2-6-10-15/h11-12,14-15H,1-10,13H2,(H,20,25). The van der Waals surface area contributed by atoms with E-state index in [1.54, 1.807) is 11.8 Å². The summed E-state index contributed by atoms with van der Waals surface area (Å²) in [5.41, 5.74) is 0.133. The number of rotatable bonds is 5. The van der Waals surface area contributed by atoms with Gasteiger partial charge in [-0.3, -0.25) is 4.79 Å². The van der Waals surface area contributed by atoms with E-state index in [2.05, 4.69) is 15.5 Å². The molecule has 0 unspecified atom stereocenters. The predicted molar refractivity (Wildman–Crippen MR) is 105 cm³/mol. The summed E-state index contributed by atoms with van der Waals surface area (Å²) in [6.07, 6.45) is 11.9. The summed E-state index contributed by atoms with van der Waals surface area (Å²) in [5.74, 6) is -0.149. The molecule has 2 aliphatic rings. The Labute approximate surface area is 162 Å². The number of hydrogen-bond acceptors (Lipinski definition) is 5. The SMILES string of the molecule is O=C(Cn1nc2ccc(SC3CCCCC3)nn2c1=O)NC1CCCCC1. The fourth-order valence-electron chi connectivity index (χ4n) is 4.07. The molecule has 7 nitrogen and oxygen atoms in total. The normalized spacial score (nSPS) is 19.4. The summed E-state index contributed by atoms with van der Waals surface area (Å²) in [7, 11) is 0. The van der Waals surface area contributed by atoms with Gasteiger partial charge in [-0.2, -0.15) is 9.61 Å². The van der Waals surface area contributed by atoms with Crippen molar-refractivity contribution in [3.05, 3.63) is 22.6 Å². The van der Waals surface area contributed by atoms with E-state index in [4.69, 9.17) is 0 Å². The number of nitrogens with zero attached hydrogens (tertiary/aromatic N) is 4. The highest BCUT2D eigenvalue weighted by atomic mass is 32.2. The molecule has 0 spiro atoms. The summed E-state index contributed by atoms with van der Waals surface area (Å²) in [5, 5.41) is 13.2. The summed E-state index contributed by atoms with van der Waals surface area (Å²) in [6, 6.07) is 3.97. The Bertz CT molecular complexity index is 849. The van der Waals surface area contributed by atoms with Crippen molar-refractivity contribution in [3.63, 3.8) is 0 Å². The summed E-state index contributed by atoms with van der Waals surface area (Å²) in [4.78, 5) is 24.9. The van der Waals surface area contributed by atoms with E-state index < -0.39 is 0 Å². The number of hydrogen-bond donors (Lipinski definition) is 1. The number of nitrogens with one attached hydrogen (secondary N) is 1. The first-order valence-corrected chi connectivity index (χ1v) is 11.0. The third-order valence-corrected chi connectivity index (χ3v) is 6.78. The Morgan fingerprint density at radius 3 is 2.48 bits per heavy atom. The summed E-state index contributed by atoms with van der Waals surface area (Å²) in [6.45, 7) is -0.0518. The van der Waals surface area contributed by atoms with Gasteiger partial charge in [0.2, 0.25) is 5.91 Å². The molecule has 1 amide bonds. The lowest BCUT2D eigenvalue weighted by molar-refractivity contribution is -0.122. The van der Waals surface area contributed by atoms with Crippen molar-refractivity contribution >= 4 is 23.3 Å². The van der Waals surface area contributed by atoms with E-state index in [0.717, 1.165) is 30.7 Å². The Morgan fingerprint density at radius 1 is 1.04 bits per heavy atom. The average molecular weight is 390 g/mol. The minimum Gasteiger partial charge on any atom is -0.352 e. The third-order valence-electron chi connectivity index (χ3n) is 5.52. The van der Waals surface area contributed by atoms with Crippen LogP contribution in [0.3, 0.4) is 0 Å². The molecule has 1 N–H and O–H groups in total. The maximum atomic E-state index is 12.6. The van der Waals surface area contributed by atoms with Crippen LogP contribution in [0.5, 0.6) is 0 Å². The Morgan fingerprint density at radius 2 is 1.74 bits per heavy atom. The van der Waals surface area contributed by atoms with Crippen LogP contribution >= 0.6 is 11.8 Å². The maximum Gasteiger partial charge on any atom is 0.367 e. The minimum atomic E-state index is -0.352. The highest BCUT2D eigenvalue weighted by Crippen LogP contribution is 2.32. The van der Waals surface area contributed by atoms with Gasteiger partial charge in [0.15, 0.2) is 5.65 Å². The van der Waals surface area contributed by atoms with Crippen LogP contribution in [0, 0.1) is 0 Å². The molecule has 0 aliphatic heterocycles. The molecule has 27 heavy (non-hydrogen) atoms. The summed E-state index contributed by atoms with van der Waals surface area (Å²) < 4.78 is 2.54. The molecule has 2 saturated carbocycles. The second-order valence-electron chi connectivity index (χ2n) is 7.66. The highest BCUT2D eigenvalue weighted by molar-refractivity contribution is 7.99. The second-order valence-corrected chi connectivity index (χ2v) is 8.98. The van der Waals surface area contributed by atoms with E-state index in [-0.39, 0.29) is 24.2 Å². The maximum absolute atomic E-state index is 12.6. The smallest absolute Gasteiger partial charge is 0.352 e. The number of carbonyl (C=O) groups excluding carboxylic acids is 1.